The van der Waals surface area contributed by atoms with E-state index < -0.39 is 0 Å². The molecule has 5 heteroatoms. The number of thiocarbonyl (C=S) groups is 1. The monoisotopic (exact) mass is 395 g/mol. The summed E-state index contributed by atoms with van der Waals surface area (Å²) in [7, 11) is 0. The van der Waals surface area contributed by atoms with Crippen molar-refractivity contribution in [1.82, 2.24) is 5.32 Å². The highest BCUT2D eigenvalue weighted by molar-refractivity contribution is 8.26. The Balaban J connectivity index is 1.34. The van der Waals surface area contributed by atoms with Gasteiger partial charge in [0, 0.05) is 0 Å². The van der Waals surface area contributed by atoms with Gasteiger partial charge in [-0.05, 0) is 53.7 Å². The van der Waals surface area contributed by atoms with E-state index in [1.807, 2.05) is 30.3 Å². The third-order valence-corrected chi connectivity index (χ3v) is 6.19. The lowest BCUT2D eigenvalue weighted by molar-refractivity contribution is -0.115. The van der Waals surface area contributed by atoms with E-state index in [1.54, 1.807) is 0 Å². The van der Waals surface area contributed by atoms with Gasteiger partial charge in [0.25, 0.3) is 5.91 Å². The molecule has 2 aliphatic rings. The minimum absolute atomic E-state index is 0.126. The maximum Gasteiger partial charge on any atom is 0.263 e. The Labute approximate surface area is 169 Å². The van der Waals surface area contributed by atoms with E-state index in [9.17, 15) is 4.79 Å². The summed E-state index contributed by atoms with van der Waals surface area (Å²) in [6.07, 6.45) is 7.19. The highest BCUT2D eigenvalue weighted by Crippen LogP contribution is 2.34. The standard InChI is InChI=1S/C22H21NO2S2/c24-21-20(27-22(26)23-21)13-15-5-7-16(8-6-15)14-25-19-11-9-18(10-12-19)17-3-1-2-4-17/h5-13,17H,1-4,14H2,(H,23,24,26)/b20-13-. The molecule has 1 aliphatic carbocycles. The Morgan fingerprint density at radius 1 is 1.07 bits per heavy atom. The highest BCUT2D eigenvalue weighted by atomic mass is 32.2. The smallest absolute Gasteiger partial charge is 0.263 e. The summed E-state index contributed by atoms with van der Waals surface area (Å²) in [5.41, 5.74) is 3.50. The Morgan fingerprint density at radius 2 is 1.78 bits per heavy atom. The van der Waals surface area contributed by atoms with E-state index in [4.69, 9.17) is 17.0 Å². The topological polar surface area (TPSA) is 38.3 Å². The van der Waals surface area contributed by atoms with Crippen LogP contribution in [0.3, 0.4) is 0 Å². The molecule has 0 unspecified atom stereocenters. The number of carbonyl (C=O) groups excluding carboxylic acids is 1. The summed E-state index contributed by atoms with van der Waals surface area (Å²) in [4.78, 5) is 12.3. The van der Waals surface area contributed by atoms with Gasteiger partial charge < -0.3 is 10.1 Å². The molecule has 2 aromatic rings. The van der Waals surface area contributed by atoms with Crippen molar-refractivity contribution in [2.75, 3.05) is 0 Å². The second-order valence-electron chi connectivity index (χ2n) is 6.93. The maximum absolute atomic E-state index is 11.7. The van der Waals surface area contributed by atoms with Crippen molar-refractivity contribution in [3.8, 4) is 5.75 Å². The maximum atomic E-state index is 11.7. The fourth-order valence-electron chi connectivity index (χ4n) is 3.54. The lowest BCUT2D eigenvalue weighted by Gasteiger charge is -2.11. The number of hydrogen-bond acceptors (Lipinski definition) is 4. The summed E-state index contributed by atoms with van der Waals surface area (Å²) in [5, 5.41) is 2.63. The molecular formula is C22H21NO2S2. The predicted molar refractivity (Wildman–Crippen MR) is 115 cm³/mol. The number of ether oxygens (including phenoxy) is 1. The number of rotatable bonds is 5. The molecule has 27 heavy (non-hydrogen) atoms. The molecule has 1 saturated heterocycles. The Morgan fingerprint density at radius 3 is 2.41 bits per heavy atom. The van der Waals surface area contributed by atoms with Gasteiger partial charge in [-0.15, -0.1) is 0 Å². The van der Waals surface area contributed by atoms with Gasteiger partial charge in [-0.25, -0.2) is 0 Å². The molecule has 0 atom stereocenters. The Hall–Kier alpha value is -2.11. The van der Waals surface area contributed by atoms with Crippen LogP contribution in [-0.4, -0.2) is 10.2 Å². The summed E-state index contributed by atoms with van der Waals surface area (Å²) in [6, 6.07) is 16.6. The first-order valence-electron chi connectivity index (χ1n) is 9.24. The minimum atomic E-state index is -0.126. The van der Waals surface area contributed by atoms with Crippen molar-refractivity contribution in [1.29, 1.82) is 0 Å². The average Bonchev–Trinajstić information content (AvgIpc) is 3.32. The van der Waals surface area contributed by atoms with Crippen LogP contribution in [-0.2, 0) is 11.4 Å². The number of benzene rings is 2. The van der Waals surface area contributed by atoms with Crippen molar-refractivity contribution in [3.63, 3.8) is 0 Å². The Bertz CT molecular complexity index is 866. The largest absolute Gasteiger partial charge is 0.489 e. The fraction of sp³-hybridized carbons (Fsp3) is 0.273. The van der Waals surface area contributed by atoms with Crippen LogP contribution in [0.5, 0.6) is 5.75 Å². The molecule has 2 fully saturated rings. The predicted octanol–water partition coefficient (Wildman–Crippen LogP) is 5.41. The zero-order chi connectivity index (χ0) is 18.6. The zero-order valence-electron chi connectivity index (χ0n) is 14.9. The third-order valence-electron chi connectivity index (χ3n) is 5.03. The third kappa shape index (κ3) is 4.60. The van der Waals surface area contributed by atoms with Gasteiger partial charge in [-0.3, -0.25) is 4.79 Å². The zero-order valence-corrected chi connectivity index (χ0v) is 16.6. The lowest BCUT2D eigenvalue weighted by atomic mass is 9.98. The SMILES string of the molecule is O=C1NC(=S)S/C1=C\c1ccc(COc2ccc(C3CCCC3)cc2)cc1. The molecule has 1 saturated carbocycles. The number of amides is 1. The van der Waals surface area contributed by atoms with Crippen molar-refractivity contribution in [2.45, 2.75) is 38.2 Å². The van der Waals surface area contributed by atoms with Crippen LogP contribution >= 0.6 is 24.0 Å². The van der Waals surface area contributed by atoms with E-state index in [0.717, 1.165) is 22.8 Å². The average molecular weight is 396 g/mol. The summed E-state index contributed by atoms with van der Waals surface area (Å²) < 4.78 is 6.42. The fourth-order valence-corrected chi connectivity index (χ4v) is 4.59. The second-order valence-corrected chi connectivity index (χ2v) is 8.65. The van der Waals surface area contributed by atoms with Gasteiger partial charge >= 0.3 is 0 Å². The quantitative estimate of drug-likeness (QED) is 0.542. The number of hydrogen-bond donors (Lipinski definition) is 1. The van der Waals surface area contributed by atoms with Crippen molar-refractivity contribution >= 4 is 40.3 Å². The van der Waals surface area contributed by atoms with E-state index in [-0.39, 0.29) is 5.91 Å². The molecular weight excluding hydrogens is 374 g/mol. The van der Waals surface area contributed by atoms with E-state index in [1.165, 1.54) is 43.0 Å². The number of carbonyl (C=O) groups is 1. The molecule has 2 aromatic carbocycles. The number of nitrogens with one attached hydrogen (secondary N) is 1. The van der Waals surface area contributed by atoms with Crippen LogP contribution in [0.25, 0.3) is 6.08 Å². The van der Waals surface area contributed by atoms with Gasteiger partial charge in [-0.2, -0.15) is 0 Å². The summed E-state index contributed by atoms with van der Waals surface area (Å²) in [5.74, 6) is 1.50. The van der Waals surface area contributed by atoms with Crippen molar-refractivity contribution in [3.05, 3.63) is 70.1 Å². The van der Waals surface area contributed by atoms with Crippen LogP contribution in [0.1, 0.15) is 48.3 Å². The van der Waals surface area contributed by atoms with Crippen LogP contribution in [0, 0.1) is 0 Å². The van der Waals surface area contributed by atoms with Gasteiger partial charge in [0.05, 0.1) is 4.91 Å². The van der Waals surface area contributed by atoms with Crippen LogP contribution in [0.15, 0.2) is 53.4 Å². The molecule has 3 nitrogen and oxygen atoms in total. The van der Waals surface area contributed by atoms with Crippen LogP contribution in [0.4, 0.5) is 0 Å². The van der Waals surface area contributed by atoms with Gasteiger partial charge in [0.15, 0.2) is 0 Å². The molecule has 1 amide bonds. The Kier molecular flexibility index (Phi) is 5.60. The first kappa shape index (κ1) is 18.3. The molecule has 1 heterocycles. The molecule has 0 radical (unpaired) electrons. The molecule has 1 N–H and O–H groups in total. The van der Waals surface area contributed by atoms with Crippen molar-refractivity contribution in [2.24, 2.45) is 0 Å². The molecule has 0 spiro atoms. The van der Waals surface area contributed by atoms with Gasteiger partial charge in [0.1, 0.15) is 16.7 Å². The van der Waals surface area contributed by atoms with Crippen LogP contribution < -0.4 is 10.1 Å². The van der Waals surface area contributed by atoms with Gasteiger partial charge in [-0.1, -0.05) is 73.2 Å². The van der Waals surface area contributed by atoms with E-state index >= 15 is 0 Å². The first-order valence-corrected chi connectivity index (χ1v) is 10.5. The molecule has 138 valence electrons. The molecule has 0 aromatic heterocycles. The molecule has 1 aliphatic heterocycles. The van der Waals surface area contributed by atoms with Gasteiger partial charge in [0.2, 0.25) is 0 Å². The van der Waals surface area contributed by atoms with E-state index in [0.29, 0.717) is 15.8 Å². The van der Waals surface area contributed by atoms with Crippen LogP contribution in [0.2, 0.25) is 0 Å². The molecule has 0 bridgehead atoms. The van der Waals surface area contributed by atoms with Crippen molar-refractivity contribution < 1.29 is 9.53 Å². The normalized spacial score (nSPS) is 18.9. The lowest BCUT2D eigenvalue weighted by Crippen LogP contribution is -2.17. The highest BCUT2D eigenvalue weighted by Gasteiger charge is 2.21. The summed E-state index contributed by atoms with van der Waals surface area (Å²) >= 11 is 6.30. The first-order chi connectivity index (χ1) is 13.2. The minimum Gasteiger partial charge on any atom is -0.489 e. The summed E-state index contributed by atoms with van der Waals surface area (Å²) in [6.45, 7) is 0.527. The second kappa shape index (κ2) is 8.28. The number of thioether (sulfide) groups is 1. The molecule has 4 rings (SSSR count). The van der Waals surface area contributed by atoms with E-state index in [2.05, 4.69) is 29.6 Å².